The van der Waals surface area contributed by atoms with Crippen LogP contribution in [0.15, 0.2) is 41.1 Å². The smallest absolute Gasteiger partial charge is 0.314 e. The van der Waals surface area contributed by atoms with Crippen LogP contribution in [-0.4, -0.2) is 17.0 Å². The molecule has 0 aliphatic rings. The fourth-order valence-electron chi connectivity index (χ4n) is 1.47. The third-order valence-corrected chi connectivity index (χ3v) is 2.90. The first-order valence-corrected chi connectivity index (χ1v) is 6.06. The number of anilines is 2. The molecule has 1 aromatic carbocycles. The van der Waals surface area contributed by atoms with Gasteiger partial charge in [-0.25, -0.2) is 9.97 Å². The summed E-state index contributed by atoms with van der Waals surface area (Å²) in [6.45, 7) is 0. The second kappa shape index (κ2) is 5.16. The van der Waals surface area contributed by atoms with Crippen LogP contribution >= 0.6 is 15.9 Å². The van der Waals surface area contributed by atoms with Gasteiger partial charge in [0, 0.05) is 25.1 Å². The van der Waals surface area contributed by atoms with Gasteiger partial charge in [-0.05, 0) is 40.2 Å². The van der Waals surface area contributed by atoms with E-state index < -0.39 is 11.7 Å². The molecule has 100 valence electrons. The number of halogens is 4. The number of hydrogen-bond acceptors (Lipinski definition) is 3. The molecule has 0 bridgehead atoms. The maximum Gasteiger partial charge on any atom is 0.416 e. The number of alkyl halides is 3. The van der Waals surface area contributed by atoms with E-state index in [1.807, 2.05) is 0 Å². The molecule has 0 aliphatic carbocycles. The number of aromatic nitrogens is 2. The van der Waals surface area contributed by atoms with Gasteiger partial charge in [0.2, 0.25) is 5.95 Å². The highest BCUT2D eigenvalue weighted by molar-refractivity contribution is 9.10. The molecule has 2 rings (SSSR count). The molecule has 0 unspecified atom stereocenters. The van der Waals surface area contributed by atoms with Gasteiger partial charge in [-0.1, -0.05) is 0 Å². The second-order valence-corrected chi connectivity index (χ2v) is 4.72. The molecular weight excluding hydrogens is 323 g/mol. The van der Waals surface area contributed by atoms with E-state index in [1.54, 1.807) is 24.3 Å². The third-order valence-electron chi connectivity index (χ3n) is 2.49. The summed E-state index contributed by atoms with van der Waals surface area (Å²) in [5, 5.41) is 0. The molecule has 19 heavy (non-hydrogen) atoms. The minimum absolute atomic E-state index is 0.406. The fraction of sp³-hybridized carbons (Fsp3) is 0.167. The molecule has 0 saturated heterocycles. The Balaban J connectivity index is 2.25. The van der Waals surface area contributed by atoms with Crippen LogP contribution in [0.4, 0.5) is 24.8 Å². The predicted molar refractivity (Wildman–Crippen MR) is 69.2 cm³/mol. The van der Waals surface area contributed by atoms with Gasteiger partial charge in [-0.15, -0.1) is 0 Å². The molecule has 0 fully saturated rings. The molecule has 0 radical (unpaired) electrons. The Morgan fingerprint density at radius 1 is 1.05 bits per heavy atom. The largest absolute Gasteiger partial charge is 0.416 e. The molecule has 0 spiro atoms. The minimum atomic E-state index is -4.33. The molecule has 0 aliphatic heterocycles. The number of rotatable bonds is 2. The summed E-state index contributed by atoms with van der Waals surface area (Å²) in [5.74, 6) is 0.406. The topological polar surface area (TPSA) is 29.0 Å². The summed E-state index contributed by atoms with van der Waals surface area (Å²) in [7, 11) is 1.69. The van der Waals surface area contributed by atoms with Gasteiger partial charge in [0.05, 0.1) is 10.0 Å². The van der Waals surface area contributed by atoms with Crippen molar-refractivity contribution in [2.75, 3.05) is 11.9 Å². The normalized spacial score (nSPS) is 11.4. The lowest BCUT2D eigenvalue weighted by Gasteiger charge is -2.17. The predicted octanol–water partition coefficient (Wildman–Crippen LogP) is 4.03. The highest BCUT2D eigenvalue weighted by atomic mass is 79.9. The minimum Gasteiger partial charge on any atom is -0.314 e. The van der Waals surface area contributed by atoms with Crippen LogP contribution in [0.1, 0.15) is 5.56 Å². The Kier molecular flexibility index (Phi) is 3.75. The van der Waals surface area contributed by atoms with Crippen molar-refractivity contribution in [3.63, 3.8) is 0 Å². The first kappa shape index (κ1) is 13.8. The van der Waals surface area contributed by atoms with Crippen LogP contribution < -0.4 is 4.90 Å². The van der Waals surface area contributed by atoms with E-state index in [4.69, 9.17) is 0 Å². The summed E-state index contributed by atoms with van der Waals surface area (Å²) >= 11 is 3.21. The van der Waals surface area contributed by atoms with Crippen LogP contribution in [0.5, 0.6) is 0 Å². The lowest BCUT2D eigenvalue weighted by Crippen LogP contribution is -2.13. The first-order valence-electron chi connectivity index (χ1n) is 5.26. The van der Waals surface area contributed by atoms with Crippen molar-refractivity contribution in [3.8, 4) is 0 Å². The zero-order valence-corrected chi connectivity index (χ0v) is 11.4. The Morgan fingerprint density at radius 3 is 2.05 bits per heavy atom. The molecular formula is C12H9BrF3N3. The zero-order valence-electron chi connectivity index (χ0n) is 9.82. The molecule has 0 saturated carbocycles. The number of nitrogens with zero attached hydrogens (tertiary/aromatic N) is 3. The maximum atomic E-state index is 12.4. The van der Waals surface area contributed by atoms with E-state index in [1.165, 1.54) is 12.1 Å². The monoisotopic (exact) mass is 331 g/mol. The van der Waals surface area contributed by atoms with Gasteiger partial charge >= 0.3 is 6.18 Å². The van der Waals surface area contributed by atoms with Crippen molar-refractivity contribution in [1.29, 1.82) is 0 Å². The highest BCUT2D eigenvalue weighted by Gasteiger charge is 2.30. The van der Waals surface area contributed by atoms with E-state index >= 15 is 0 Å². The van der Waals surface area contributed by atoms with Crippen LogP contribution in [-0.2, 0) is 6.18 Å². The molecule has 7 heteroatoms. The van der Waals surface area contributed by atoms with E-state index in [2.05, 4.69) is 25.9 Å². The van der Waals surface area contributed by atoms with Crippen LogP contribution in [0.25, 0.3) is 0 Å². The molecule has 0 N–H and O–H groups in total. The summed E-state index contributed by atoms with van der Waals surface area (Å²) in [5.41, 5.74) is -0.100. The van der Waals surface area contributed by atoms with E-state index in [9.17, 15) is 13.2 Å². The van der Waals surface area contributed by atoms with Crippen molar-refractivity contribution in [1.82, 2.24) is 9.97 Å². The molecule has 1 heterocycles. The van der Waals surface area contributed by atoms with Crippen molar-refractivity contribution in [3.05, 3.63) is 46.7 Å². The van der Waals surface area contributed by atoms with Gasteiger partial charge in [-0.3, -0.25) is 0 Å². The first-order chi connectivity index (χ1) is 8.88. The lowest BCUT2D eigenvalue weighted by molar-refractivity contribution is -0.137. The van der Waals surface area contributed by atoms with Gasteiger partial charge in [0.1, 0.15) is 0 Å². The average Bonchev–Trinajstić information content (AvgIpc) is 2.38. The molecule has 2 aromatic rings. The Labute approximate surface area is 116 Å². The second-order valence-electron chi connectivity index (χ2n) is 3.80. The molecule has 0 amide bonds. The SMILES string of the molecule is CN(c1ccc(C(F)(F)F)cc1)c1ncc(Br)cn1. The highest BCUT2D eigenvalue weighted by Crippen LogP contribution is 2.31. The third kappa shape index (κ3) is 3.23. The van der Waals surface area contributed by atoms with Crippen LogP contribution in [0.3, 0.4) is 0 Å². The molecule has 3 nitrogen and oxygen atoms in total. The molecule has 0 atom stereocenters. The van der Waals surface area contributed by atoms with Gasteiger partial charge in [-0.2, -0.15) is 13.2 Å². The number of benzene rings is 1. The van der Waals surface area contributed by atoms with Crippen LogP contribution in [0, 0.1) is 0 Å². The van der Waals surface area contributed by atoms with Crippen molar-refractivity contribution < 1.29 is 13.2 Å². The summed E-state index contributed by atoms with van der Waals surface area (Å²) < 4.78 is 38.1. The van der Waals surface area contributed by atoms with Gasteiger partial charge in [0.15, 0.2) is 0 Å². The summed E-state index contributed by atoms with van der Waals surface area (Å²) in [6, 6.07) is 4.83. The Bertz CT molecular complexity index is 552. The summed E-state index contributed by atoms with van der Waals surface area (Å²) in [6.07, 6.45) is -1.18. The fourth-order valence-corrected chi connectivity index (χ4v) is 1.67. The summed E-state index contributed by atoms with van der Waals surface area (Å²) in [4.78, 5) is 9.75. The van der Waals surface area contributed by atoms with Crippen molar-refractivity contribution >= 4 is 27.6 Å². The van der Waals surface area contributed by atoms with E-state index in [-0.39, 0.29) is 0 Å². The van der Waals surface area contributed by atoms with Crippen LogP contribution in [0.2, 0.25) is 0 Å². The Hall–Kier alpha value is -1.63. The van der Waals surface area contributed by atoms with E-state index in [0.29, 0.717) is 11.6 Å². The standard InChI is InChI=1S/C12H9BrF3N3/c1-19(11-17-6-9(13)7-18-11)10-4-2-8(3-5-10)12(14,15)16/h2-7H,1H3. The van der Waals surface area contributed by atoms with Gasteiger partial charge < -0.3 is 4.90 Å². The van der Waals surface area contributed by atoms with Gasteiger partial charge in [0.25, 0.3) is 0 Å². The quantitative estimate of drug-likeness (QED) is 0.832. The van der Waals surface area contributed by atoms with Crippen molar-refractivity contribution in [2.45, 2.75) is 6.18 Å². The average molecular weight is 332 g/mol. The number of hydrogen-bond donors (Lipinski definition) is 0. The maximum absolute atomic E-state index is 12.4. The molecule has 1 aromatic heterocycles. The van der Waals surface area contributed by atoms with E-state index in [0.717, 1.165) is 16.6 Å². The zero-order chi connectivity index (χ0) is 14.0. The van der Waals surface area contributed by atoms with Crippen molar-refractivity contribution in [2.24, 2.45) is 0 Å². The Morgan fingerprint density at radius 2 is 1.58 bits per heavy atom. The lowest BCUT2D eigenvalue weighted by atomic mass is 10.2.